The minimum absolute atomic E-state index is 0. The number of methoxy groups -OCH3 is 1. The third-order valence-corrected chi connectivity index (χ3v) is 8.06. The van der Waals surface area contributed by atoms with E-state index < -0.39 is 27.1 Å². The Morgan fingerprint density at radius 1 is 1.08 bits per heavy atom. The number of ether oxygens (including phenoxy) is 1. The van der Waals surface area contributed by atoms with Crippen molar-refractivity contribution in [3.8, 4) is 0 Å². The summed E-state index contributed by atoms with van der Waals surface area (Å²) in [6, 6.07) is 0. The number of unbranched alkanes of at least 4 members (excludes halogenated alkanes) is 1. The number of allylic oxidation sites excluding steroid dienone is 4. The summed E-state index contributed by atoms with van der Waals surface area (Å²) in [7, 11) is -8.46. The molecule has 11 heteroatoms. The van der Waals surface area contributed by atoms with Crippen LogP contribution < -0.4 is 108 Å². The van der Waals surface area contributed by atoms with Crippen LogP contribution in [0, 0.1) is 0 Å². The third kappa shape index (κ3) is 17.8. The molecule has 0 rings (SSSR count). The SMILES string of the molecule is COCP(=O)([O-])C(CCC/C=C(\C)CCC=C(C)C)[P+]([O-])([O-])[O-].[Na+].[Na+].[Na+]. The first-order chi connectivity index (χ1) is 10.5. The van der Waals surface area contributed by atoms with Crippen molar-refractivity contribution >= 4 is 15.3 Å². The minimum atomic E-state index is -5.20. The molecule has 0 radical (unpaired) electrons. The zero-order valence-electron chi connectivity index (χ0n) is 17.3. The normalized spacial score (nSPS) is 14.8. The van der Waals surface area contributed by atoms with E-state index in [0.29, 0.717) is 12.8 Å². The largest absolute Gasteiger partial charge is 1.00 e. The second-order valence-electron chi connectivity index (χ2n) is 5.97. The minimum Gasteiger partial charge on any atom is -0.795 e. The van der Waals surface area contributed by atoms with E-state index in [1.165, 1.54) is 5.57 Å². The van der Waals surface area contributed by atoms with Crippen molar-refractivity contribution in [3.63, 3.8) is 0 Å². The van der Waals surface area contributed by atoms with Gasteiger partial charge in [-0.25, -0.2) is 0 Å². The van der Waals surface area contributed by atoms with Gasteiger partial charge in [0.05, 0.1) is 19.1 Å². The second kappa shape index (κ2) is 18.7. The molecular weight excluding hydrogens is 407 g/mol. The Kier molecular flexibility index (Phi) is 26.1. The molecule has 0 aliphatic carbocycles. The summed E-state index contributed by atoms with van der Waals surface area (Å²) in [4.78, 5) is 45.4. The van der Waals surface area contributed by atoms with Gasteiger partial charge in [0.2, 0.25) is 0 Å². The molecule has 0 bridgehead atoms. The summed E-state index contributed by atoms with van der Waals surface area (Å²) >= 11 is 0. The van der Waals surface area contributed by atoms with Crippen molar-refractivity contribution < 1.29 is 118 Å². The quantitative estimate of drug-likeness (QED) is 0.138. The Morgan fingerprint density at radius 2 is 1.62 bits per heavy atom. The van der Waals surface area contributed by atoms with E-state index in [-0.39, 0.29) is 95.1 Å². The first-order valence-corrected chi connectivity index (χ1v) is 11.1. The maximum Gasteiger partial charge on any atom is 1.00 e. The zero-order chi connectivity index (χ0) is 18.1. The van der Waals surface area contributed by atoms with Crippen LogP contribution in [-0.2, 0) is 9.30 Å². The Bertz CT molecular complexity index is 463. The third-order valence-electron chi connectivity index (χ3n) is 3.38. The maximum absolute atomic E-state index is 11.8. The molecule has 26 heavy (non-hydrogen) atoms. The molecule has 0 saturated carbocycles. The van der Waals surface area contributed by atoms with Gasteiger partial charge in [0, 0.05) is 7.11 Å². The molecular formula is C15H27Na3O6P2. The molecule has 0 aliphatic heterocycles. The van der Waals surface area contributed by atoms with Crippen molar-refractivity contribution in [2.75, 3.05) is 13.5 Å². The molecule has 0 amide bonds. The van der Waals surface area contributed by atoms with Gasteiger partial charge >= 0.3 is 88.7 Å². The maximum atomic E-state index is 11.8. The average molecular weight is 434 g/mol. The number of hydrogen-bond acceptors (Lipinski definition) is 6. The Balaban J connectivity index is -0.000000807. The Morgan fingerprint density at radius 3 is 2.04 bits per heavy atom. The van der Waals surface area contributed by atoms with Crippen LogP contribution in [0.4, 0.5) is 0 Å². The molecule has 0 N–H and O–H groups in total. The zero-order valence-corrected chi connectivity index (χ0v) is 25.1. The van der Waals surface area contributed by atoms with Crippen LogP contribution in [0.25, 0.3) is 0 Å². The molecule has 136 valence electrons. The van der Waals surface area contributed by atoms with Gasteiger partial charge in [-0.15, -0.1) is 0 Å². The van der Waals surface area contributed by atoms with E-state index in [4.69, 9.17) is 0 Å². The van der Waals surface area contributed by atoms with Gasteiger partial charge in [0.25, 0.3) is 0 Å². The van der Waals surface area contributed by atoms with Crippen LogP contribution in [0.5, 0.6) is 0 Å². The van der Waals surface area contributed by atoms with Crippen LogP contribution in [-0.4, -0.2) is 18.9 Å². The Hall–Kier alpha value is 2.94. The molecule has 0 aromatic heterocycles. The predicted molar refractivity (Wildman–Crippen MR) is 86.5 cm³/mol. The van der Waals surface area contributed by atoms with Crippen molar-refractivity contribution in [2.24, 2.45) is 0 Å². The van der Waals surface area contributed by atoms with Gasteiger partial charge in [0.15, 0.2) is 0 Å². The first kappa shape index (κ1) is 36.3. The molecule has 0 fully saturated rings. The molecule has 0 spiro atoms. The monoisotopic (exact) mass is 434 g/mol. The molecule has 0 aromatic rings. The average Bonchev–Trinajstić information content (AvgIpc) is 2.35. The number of hydrogen-bond donors (Lipinski definition) is 0. The van der Waals surface area contributed by atoms with Crippen molar-refractivity contribution in [1.82, 2.24) is 0 Å². The smallest absolute Gasteiger partial charge is 0.795 e. The van der Waals surface area contributed by atoms with E-state index in [1.807, 2.05) is 26.8 Å². The van der Waals surface area contributed by atoms with Crippen LogP contribution in [0.1, 0.15) is 52.9 Å². The van der Waals surface area contributed by atoms with Crippen LogP contribution in [0.2, 0.25) is 0 Å². The summed E-state index contributed by atoms with van der Waals surface area (Å²) in [5, 5.41) is -1.88. The van der Waals surface area contributed by atoms with Crippen LogP contribution in [0.3, 0.4) is 0 Å². The van der Waals surface area contributed by atoms with Gasteiger partial charge in [-0.3, -0.25) is 0 Å². The fraction of sp³-hybridized carbons (Fsp3) is 0.733. The summed E-state index contributed by atoms with van der Waals surface area (Å²) in [5.41, 5.74) is 2.42. The predicted octanol–water partition coefficient (Wildman–Crippen LogP) is -7.73. The summed E-state index contributed by atoms with van der Waals surface area (Å²) < 4.78 is 16.3. The van der Waals surface area contributed by atoms with E-state index >= 15 is 0 Å². The van der Waals surface area contributed by atoms with E-state index in [0.717, 1.165) is 25.5 Å². The molecule has 2 unspecified atom stereocenters. The number of rotatable bonds is 11. The molecule has 6 nitrogen and oxygen atoms in total. The first-order valence-electron chi connectivity index (χ1n) is 7.60. The van der Waals surface area contributed by atoms with Gasteiger partial charge in [0.1, 0.15) is 0 Å². The van der Waals surface area contributed by atoms with Gasteiger partial charge in [-0.05, 0) is 52.9 Å². The topological polar surface area (TPSA) is 119 Å². The van der Waals surface area contributed by atoms with Crippen molar-refractivity contribution in [3.05, 3.63) is 23.3 Å². The van der Waals surface area contributed by atoms with Gasteiger partial charge in [-0.2, -0.15) is 7.94 Å². The summed E-state index contributed by atoms with van der Waals surface area (Å²) in [6.07, 6.45) is 5.89. The second-order valence-corrected chi connectivity index (χ2v) is 10.4. The van der Waals surface area contributed by atoms with Gasteiger partial charge in [-0.1, -0.05) is 23.3 Å². The van der Waals surface area contributed by atoms with Crippen molar-refractivity contribution in [2.45, 2.75) is 58.3 Å². The van der Waals surface area contributed by atoms with Gasteiger partial charge < -0.3 is 28.9 Å². The van der Waals surface area contributed by atoms with E-state index in [1.54, 1.807) is 0 Å². The molecule has 2 atom stereocenters. The molecule has 0 saturated heterocycles. The molecule has 0 aliphatic rings. The standard InChI is InChI=1S/C15H30O6P2.3Na/c1-13(2)8-7-10-14(3)9-5-6-11-15(23(18,19)20)22(16,17)12-21-4;;;/h8-9,15H,5-7,10-12H2,1-4H3,(H,16,17)(H2,18,19,20);;;/q;3*+1/p-3/b14-9+;;;. The Labute approximate surface area is 225 Å². The van der Waals surface area contributed by atoms with E-state index in [2.05, 4.69) is 10.8 Å². The summed E-state index contributed by atoms with van der Waals surface area (Å²) in [5.74, 6) is 0. The van der Waals surface area contributed by atoms with Crippen LogP contribution >= 0.6 is 15.3 Å². The fourth-order valence-corrected chi connectivity index (χ4v) is 5.71. The molecule has 0 heterocycles. The van der Waals surface area contributed by atoms with Crippen molar-refractivity contribution in [1.29, 1.82) is 0 Å². The fourth-order valence-electron chi connectivity index (χ4n) is 2.18. The molecule has 0 aromatic carbocycles. The summed E-state index contributed by atoms with van der Waals surface area (Å²) in [6.45, 7) is 6.04. The van der Waals surface area contributed by atoms with Crippen LogP contribution in [0.15, 0.2) is 23.3 Å². The van der Waals surface area contributed by atoms with E-state index in [9.17, 15) is 24.1 Å².